The number of nitrogens with zero attached hydrogens (tertiary/aromatic N) is 1. The molecule has 16 heavy (non-hydrogen) atoms. The lowest BCUT2D eigenvalue weighted by molar-refractivity contribution is -0.150. The van der Waals surface area contributed by atoms with Gasteiger partial charge in [-0.05, 0) is 31.3 Å². The summed E-state index contributed by atoms with van der Waals surface area (Å²) in [6.07, 6.45) is 3.62. The van der Waals surface area contributed by atoms with Crippen molar-refractivity contribution in [1.29, 1.82) is 0 Å². The maximum absolute atomic E-state index is 11.5. The van der Waals surface area contributed by atoms with Crippen LogP contribution in [-0.2, 0) is 11.3 Å². The first-order valence-corrected chi connectivity index (χ1v) is 6.50. The van der Waals surface area contributed by atoms with Gasteiger partial charge in [-0.15, -0.1) is 11.3 Å². The number of carboxylic acids is 1. The summed E-state index contributed by atoms with van der Waals surface area (Å²) in [6, 6.07) is 4.07. The minimum absolute atomic E-state index is 0.621. The van der Waals surface area contributed by atoms with Crippen LogP contribution in [0.5, 0.6) is 0 Å². The van der Waals surface area contributed by atoms with Crippen LogP contribution < -0.4 is 0 Å². The Morgan fingerprint density at radius 1 is 1.56 bits per heavy atom. The van der Waals surface area contributed by atoms with Gasteiger partial charge in [-0.1, -0.05) is 18.9 Å². The average molecular weight is 239 g/mol. The molecule has 0 atom stereocenters. The van der Waals surface area contributed by atoms with Crippen molar-refractivity contribution in [1.82, 2.24) is 4.90 Å². The Morgan fingerprint density at radius 3 is 2.75 bits per heavy atom. The number of hydrogen-bond acceptors (Lipinski definition) is 3. The molecule has 0 bridgehead atoms. The lowest BCUT2D eigenvalue weighted by atomic mass is 9.96. The summed E-state index contributed by atoms with van der Waals surface area (Å²) in [5, 5.41) is 11.5. The van der Waals surface area contributed by atoms with Gasteiger partial charge in [0, 0.05) is 11.4 Å². The summed E-state index contributed by atoms with van der Waals surface area (Å²) < 4.78 is 0. The van der Waals surface area contributed by atoms with E-state index < -0.39 is 11.5 Å². The number of hydrogen-bond donors (Lipinski definition) is 1. The Kier molecular flexibility index (Phi) is 3.30. The van der Waals surface area contributed by atoms with E-state index in [-0.39, 0.29) is 0 Å². The van der Waals surface area contributed by atoms with E-state index in [1.54, 1.807) is 11.3 Å². The van der Waals surface area contributed by atoms with Crippen LogP contribution in [0, 0.1) is 0 Å². The SMILES string of the molecule is CN(Cc1cccs1)C1(C(=O)O)CCCC1. The Hall–Kier alpha value is -0.870. The van der Waals surface area contributed by atoms with E-state index in [0.29, 0.717) is 0 Å². The highest BCUT2D eigenvalue weighted by molar-refractivity contribution is 7.09. The topological polar surface area (TPSA) is 40.5 Å². The van der Waals surface area contributed by atoms with Gasteiger partial charge in [-0.3, -0.25) is 9.69 Å². The minimum atomic E-state index is -0.663. The molecule has 1 heterocycles. The highest BCUT2D eigenvalue weighted by atomic mass is 32.1. The third kappa shape index (κ3) is 1.99. The molecule has 3 nitrogen and oxygen atoms in total. The third-order valence-electron chi connectivity index (χ3n) is 3.53. The number of carboxylic acid groups (broad SMARTS) is 1. The number of thiophene rings is 1. The largest absolute Gasteiger partial charge is 0.480 e. The molecule has 2 rings (SSSR count). The number of aliphatic carboxylic acids is 1. The standard InChI is InChI=1S/C12H17NO2S/c1-13(9-10-5-4-8-16-10)12(11(14)15)6-2-3-7-12/h4-5,8H,2-3,6-7,9H2,1H3,(H,14,15). The second kappa shape index (κ2) is 4.55. The minimum Gasteiger partial charge on any atom is -0.480 e. The van der Waals surface area contributed by atoms with Crippen LogP contribution in [0.3, 0.4) is 0 Å². The zero-order valence-electron chi connectivity index (χ0n) is 9.48. The average Bonchev–Trinajstić information content (AvgIpc) is 2.87. The van der Waals surface area contributed by atoms with E-state index in [4.69, 9.17) is 0 Å². The van der Waals surface area contributed by atoms with E-state index in [2.05, 4.69) is 6.07 Å². The van der Waals surface area contributed by atoms with Crippen molar-refractivity contribution in [3.63, 3.8) is 0 Å². The second-order valence-electron chi connectivity index (χ2n) is 4.48. The smallest absolute Gasteiger partial charge is 0.324 e. The predicted octanol–water partition coefficient (Wildman–Crippen LogP) is 2.58. The first-order chi connectivity index (χ1) is 7.65. The van der Waals surface area contributed by atoms with Crippen molar-refractivity contribution in [3.05, 3.63) is 22.4 Å². The molecule has 88 valence electrons. The van der Waals surface area contributed by atoms with E-state index in [9.17, 15) is 9.90 Å². The van der Waals surface area contributed by atoms with Gasteiger partial charge in [0.15, 0.2) is 0 Å². The zero-order valence-corrected chi connectivity index (χ0v) is 10.3. The van der Waals surface area contributed by atoms with Gasteiger partial charge in [0.2, 0.25) is 0 Å². The van der Waals surface area contributed by atoms with Crippen LogP contribution in [0.4, 0.5) is 0 Å². The molecular formula is C12H17NO2S. The first-order valence-electron chi connectivity index (χ1n) is 5.62. The fraction of sp³-hybridized carbons (Fsp3) is 0.583. The Bertz CT molecular complexity index is 355. The summed E-state index contributed by atoms with van der Waals surface area (Å²) in [4.78, 5) is 14.7. The van der Waals surface area contributed by atoms with Crippen LogP contribution in [-0.4, -0.2) is 28.6 Å². The fourth-order valence-electron chi connectivity index (χ4n) is 2.51. The molecule has 4 heteroatoms. The molecule has 0 radical (unpaired) electrons. The molecule has 0 aromatic carbocycles. The lowest BCUT2D eigenvalue weighted by Gasteiger charge is -2.34. The van der Waals surface area contributed by atoms with E-state index >= 15 is 0 Å². The summed E-state index contributed by atoms with van der Waals surface area (Å²) in [7, 11) is 1.93. The molecule has 1 saturated carbocycles. The third-order valence-corrected chi connectivity index (χ3v) is 4.39. The van der Waals surface area contributed by atoms with Crippen LogP contribution in [0.25, 0.3) is 0 Å². The molecule has 1 aromatic heterocycles. The van der Waals surface area contributed by atoms with Gasteiger partial charge in [0.1, 0.15) is 5.54 Å². The molecule has 1 aliphatic rings. The highest BCUT2D eigenvalue weighted by Gasteiger charge is 2.44. The van der Waals surface area contributed by atoms with Crippen LogP contribution >= 0.6 is 11.3 Å². The monoisotopic (exact) mass is 239 g/mol. The van der Waals surface area contributed by atoms with Gasteiger partial charge in [0.05, 0.1) is 0 Å². The number of carbonyl (C=O) groups is 1. The summed E-state index contributed by atoms with van der Waals surface area (Å²) in [6.45, 7) is 0.740. The van der Waals surface area contributed by atoms with Crippen molar-refractivity contribution in [2.24, 2.45) is 0 Å². The number of rotatable bonds is 4. The summed E-state index contributed by atoms with van der Waals surface area (Å²) >= 11 is 1.69. The predicted molar refractivity (Wildman–Crippen MR) is 64.6 cm³/mol. The van der Waals surface area contributed by atoms with E-state index in [1.807, 2.05) is 23.4 Å². The zero-order chi connectivity index (χ0) is 11.6. The van der Waals surface area contributed by atoms with Crippen LogP contribution in [0.15, 0.2) is 17.5 Å². The van der Waals surface area contributed by atoms with Gasteiger partial charge in [0.25, 0.3) is 0 Å². The maximum Gasteiger partial charge on any atom is 0.324 e. The van der Waals surface area contributed by atoms with E-state index in [1.165, 1.54) is 4.88 Å². The molecule has 1 aliphatic carbocycles. The molecule has 0 unspecified atom stereocenters. The molecule has 0 spiro atoms. The van der Waals surface area contributed by atoms with Crippen molar-refractivity contribution in [2.75, 3.05) is 7.05 Å². The van der Waals surface area contributed by atoms with Gasteiger partial charge < -0.3 is 5.11 Å². The highest BCUT2D eigenvalue weighted by Crippen LogP contribution is 2.35. The maximum atomic E-state index is 11.5. The van der Waals surface area contributed by atoms with Crippen molar-refractivity contribution >= 4 is 17.3 Å². The molecule has 0 amide bonds. The summed E-state index contributed by atoms with van der Waals surface area (Å²) in [5.74, 6) is -0.663. The molecule has 1 N–H and O–H groups in total. The van der Waals surface area contributed by atoms with Gasteiger partial charge >= 0.3 is 5.97 Å². The van der Waals surface area contributed by atoms with Gasteiger partial charge in [-0.2, -0.15) is 0 Å². The Morgan fingerprint density at radius 2 is 2.25 bits per heavy atom. The van der Waals surface area contributed by atoms with Crippen molar-refractivity contribution in [2.45, 2.75) is 37.8 Å². The first kappa shape index (κ1) is 11.6. The Balaban J connectivity index is 2.12. The van der Waals surface area contributed by atoms with Crippen molar-refractivity contribution < 1.29 is 9.90 Å². The molecular weight excluding hydrogens is 222 g/mol. The molecule has 1 aromatic rings. The Labute approximate surface area is 99.7 Å². The van der Waals surface area contributed by atoms with Crippen LogP contribution in [0.1, 0.15) is 30.6 Å². The van der Waals surface area contributed by atoms with Gasteiger partial charge in [-0.25, -0.2) is 0 Å². The quantitative estimate of drug-likeness (QED) is 0.878. The normalized spacial score (nSPS) is 19.1. The van der Waals surface area contributed by atoms with Crippen LogP contribution in [0.2, 0.25) is 0 Å². The summed E-state index contributed by atoms with van der Waals surface area (Å²) in [5.41, 5.74) is -0.621. The number of likely N-dealkylation sites (N-methyl/N-ethyl adjacent to an activating group) is 1. The molecule has 0 saturated heterocycles. The fourth-order valence-corrected chi connectivity index (χ4v) is 3.26. The molecule has 0 aliphatic heterocycles. The second-order valence-corrected chi connectivity index (χ2v) is 5.51. The molecule has 1 fully saturated rings. The lowest BCUT2D eigenvalue weighted by Crippen LogP contribution is -2.50. The van der Waals surface area contributed by atoms with E-state index in [0.717, 1.165) is 32.2 Å². The van der Waals surface area contributed by atoms with Crippen molar-refractivity contribution in [3.8, 4) is 0 Å².